The smallest absolute Gasteiger partial charge is 0.190 e. The third-order valence-electron chi connectivity index (χ3n) is 2.72. The van der Waals surface area contributed by atoms with Gasteiger partial charge >= 0.3 is 0 Å². The Morgan fingerprint density at radius 3 is 2.44 bits per heavy atom. The summed E-state index contributed by atoms with van der Waals surface area (Å²) in [5.74, 6) is -0.480. The zero-order valence-electron chi connectivity index (χ0n) is 10.3. The number of aryl methyl sites for hydroxylation is 2. The molecular formula is C13H13N3O2. The molecule has 0 aliphatic heterocycles. The van der Waals surface area contributed by atoms with Crippen molar-refractivity contribution in [2.45, 2.75) is 13.3 Å². The highest BCUT2D eigenvalue weighted by Gasteiger charge is 2.16. The van der Waals surface area contributed by atoms with Crippen molar-refractivity contribution in [3.05, 3.63) is 47.5 Å². The number of hydrogen-bond acceptors (Lipinski definition) is 4. The Labute approximate surface area is 104 Å². The van der Waals surface area contributed by atoms with Gasteiger partial charge in [-0.1, -0.05) is 0 Å². The summed E-state index contributed by atoms with van der Waals surface area (Å²) in [6.45, 7) is 1.86. The Morgan fingerprint density at radius 2 is 1.89 bits per heavy atom. The van der Waals surface area contributed by atoms with E-state index in [1.165, 1.54) is 12.4 Å². The largest absolute Gasteiger partial charge is 0.294 e. The van der Waals surface area contributed by atoms with Crippen LogP contribution >= 0.6 is 0 Å². The van der Waals surface area contributed by atoms with Crippen LogP contribution in [0.1, 0.15) is 33.0 Å². The lowest BCUT2D eigenvalue weighted by Gasteiger charge is -1.98. The number of aromatic nitrogens is 3. The SMILES string of the molecule is Cc1cc(C(=O)CC(=O)c2ccncc2)nn1C. The van der Waals surface area contributed by atoms with Crippen LogP contribution in [0.3, 0.4) is 0 Å². The van der Waals surface area contributed by atoms with E-state index in [0.717, 1.165) is 5.69 Å². The summed E-state index contributed by atoms with van der Waals surface area (Å²) in [5.41, 5.74) is 1.71. The minimum absolute atomic E-state index is 0.166. The van der Waals surface area contributed by atoms with Gasteiger partial charge in [-0.15, -0.1) is 0 Å². The third-order valence-corrected chi connectivity index (χ3v) is 2.72. The van der Waals surface area contributed by atoms with Crippen LogP contribution in [0.4, 0.5) is 0 Å². The molecule has 0 bridgehead atoms. The van der Waals surface area contributed by atoms with Crippen LogP contribution < -0.4 is 0 Å². The van der Waals surface area contributed by atoms with E-state index < -0.39 is 0 Å². The van der Waals surface area contributed by atoms with E-state index in [0.29, 0.717) is 11.3 Å². The second kappa shape index (κ2) is 4.91. The van der Waals surface area contributed by atoms with Crippen molar-refractivity contribution in [1.29, 1.82) is 0 Å². The lowest BCUT2D eigenvalue weighted by Crippen LogP contribution is -2.09. The summed E-state index contributed by atoms with van der Waals surface area (Å²) >= 11 is 0. The Morgan fingerprint density at radius 1 is 1.22 bits per heavy atom. The topological polar surface area (TPSA) is 64.8 Å². The lowest BCUT2D eigenvalue weighted by atomic mass is 10.1. The molecule has 2 heterocycles. The number of Topliss-reactive ketones (excluding diaryl/α,β-unsaturated/α-hetero) is 2. The average Bonchev–Trinajstić information content (AvgIpc) is 2.71. The van der Waals surface area contributed by atoms with Crippen molar-refractivity contribution >= 4 is 11.6 Å². The van der Waals surface area contributed by atoms with Crippen LogP contribution in [-0.4, -0.2) is 26.3 Å². The zero-order valence-corrected chi connectivity index (χ0v) is 10.3. The first kappa shape index (κ1) is 12.2. The molecule has 0 unspecified atom stereocenters. The Kier molecular flexibility index (Phi) is 3.32. The second-order valence-electron chi connectivity index (χ2n) is 4.05. The van der Waals surface area contributed by atoms with Crippen molar-refractivity contribution in [3.63, 3.8) is 0 Å². The number of hydrogen-bond donors (Lipinski definition) is 0. The number of carbonyl (C=O) groups is 2. The standard InChI is InChI=1S/C13H13N3O2/c1-9-7-11(15-16(9)2)13(18)8-12(17)10-3-5-14-6-4-10/h3-7H,8H2,1-2H3. The summed E-state index contributed by atoms with van der Waals surface area (Å²) in [6.07, 6.45) is 2.89. The van der Waals surface area contributed by atoms with Gasteiger partial charge in [-0.25, -0.2) is 0 Å². The Hall–Kier alpha value is -2.30. The van der Waals surface area contributed by atoms with Gasteiger partial charge in [0.05, 0.1) is 6.42 Å². The maximum Gasteiger partial charge on any atom is 0.190 e. The monoisotopic (exact) mass is 243 g/mol. The van der Waals surface area contributed by atoms with Crippen LogP contribution in [0.25, 0.3) is 0 Å². The quantitative estimate of drug-likeness (QED) is 0.604. The van der Waals surface area contributed by atoms with Gasteiger partial charge in [0, 0.05) is 30.7 Å². The highest BCUT2D eigenvalue weighted by Crippen LogP contribution is 2.08. The first-order chi connectivity index (χ1) is 8.58. The van der Waals surface area contributed by atoms with Crippen molar-refractivity contribution in [1.82, 2.24) is 14.8 Å². The number of pyridine rings is 1. The molecule has 92 valence electrons. The molecule has 0 aliphatic carbocycles. The van der Waals surface area contributed by atoms with Crippen LogP contribution in [0.15, 0.2) is 30.6 Å². The van der Waals surface area contributed by atoms with Gasteiger partial charge in [0.1, 0.15) is 5.69 Å². The Balaban J connectivity index is 2.11. The molecule has 0 N–H and O–H groups in total. The van der Waals surface area contributed by atoms with Crippen molar-refractivity contribution in [2.24, 2.45) is 7.05 Å². The minimum Gasteiger partial charge on any atom is -0.294 e. The fraction of sp³-hybridized carbons (Fsp3) is 0.231. The molecule has 2 aromatic heterocycles. The van der Waals surface area contributed by atoms with Gasteiger partial charge in [-0.2, -0.15) is 5.10 Å². The summed E-state index contributed by atoms with van der Waals surface area (Å²) in [4.78, 5) is 27.5. The van der Waals surface area contributed by atoms with Gasteiger partial charge < -0.3 is 0 Å². The summed E-state index contributed by atoms with van der Waals surface area (Å²) in [5, 5.41) is 4.06. The summed E-state index contributed by atoms with van der Waals surface area (Å²) in [6, 6.07) is 4.88. The molecule has 0 spiro atoms. The molecule has 5 nitrogen and oxygen atoms in total. The molecule has 0 saturated carbocycles. The average molecular weight is 243 g/mol. The molecule has 18 heavy (non-hydrogen) atoms. The molecule has 0 amide bonds. The fourth-order valence-electron chi connectivity index (χ4n) is 1.57. The predicted molar refractivity (Wildman–Crippen MR) is 65.5 cm³/mol. The van der Waals surface area contributed by atoms with Crippen LogP contribution in [-0.2, 0) is 7.05 Å². The van der Waals surface area contributed by atoms with E-state index in [1.807, 2.05) is 6.92 Å². The number of nitrogens with zero attached hydrogens (tertiary/aromatic N) is 3. The van der Waals surface area contributed by atoms with Gasteiger partial charge in [0.25, 0.3) is 0 Å². The van der Waals surface area contributed by atoms with Gasteiger partial charge in [-0.3, -0.25) is 19.3 Å². The molecule has 0 atom stereocenters. The van der Waals surface area contributed by atoms with Crippen LogP contribution in [0.2, 0.25) is 0 Å². The van der Waals surface area contributed by atoms with E-state index in [9.17, 15) is 9.59 Å². The van der Waals surface area contributed by atoms with Crippen molar-refractivity contribution in [2.75, 3.05) is 0 Å². The van der Waals surface area contributed by atoms with E-state index >= 15 is 0 Å². The lowest BCUT2D eigenvalue weighted by molar-refractivity contribution is 0.0891. The van der Waals surface area contributed by atoms with Crippen LogP contribution in [0.5, 0.6) is 0 Å². The van der Waals surface area contributed by atoms with E-state index in [2.05, 4.69) is 10.1 Å². The summed E-state index contributed by atoms with van der Waals surface area (Å²) in [7, 11) is 1.76. The first-order valence-electron chi connectivity index (χ1n) is 5.55. The van der Waals surface area contributed by atoms with Gasteiger partial charge in [0.2, 0.25) is 0 Å². The van der Waals surface area contributed by atoms with E-state index in [-0.39, 0.29) is 18.0 Å². The molecule has 2 rings (SSSR count). The number of ketones is 2. The minimum atomic E-state index is -0.263. The molecule has 5 heteroatoms. The molecule has 0 aromatic carbocycles. The normalized spacial score (nSPS) is 10.3. The first-order valence-corrected chi connectivity index (χ1v) is 5.55. The number of carbonyl (C=O) groups excluding carboxylic acids is 2. The molecule has 2 aromatic rings. The van der Waals surface area contributed by atoms with Crippen LogP contribution in [0, 0.1) is 6.92 Å². The molecule has 0 radical (unpaired) electrons. The predicted octanol–water partition coefficient (Wildman–Crippen LogP) is 1.58. The molecular weight excluding hydrogens is 230 g/mol. The van der Waals surface area contributed by atoms with Gasteiger partial charge in [-0.05, 0) is 25.1 Å². The maximum absolute atomic E-state index is 11.9. The van der Waals surface area contributed by atoms with Crippen molar-refractivity contribution < 1.29 is 9.59 Å². The maximum atomic E-state index is 11.9. The third kappa shape index (κ3) is 2.51. The van der Waals surface area contributed by atoms with E-state index in [4.69, 9.17) is 0 Å². The van der Waals surface area contributed by atoms with Crippen molar-refractivity contribution in [3.8, 4) is 0 Å². The molecule has 0 fully saturated rings. The Bertz CT molecular complexity index is 568. The zero-order chi connectivity index (χ0) is 13.1. The molecule has 0 saturated heterocycles. The van der Waals surface area contributed by atoms with E-state index in [1.54, 1.807) is 29.9 Å². The highest BCUT2D eigenvalue weighted by molar-refractivity contribution is 6.12. The highest BCUT2D eigenvalue weighted by atomic mass is 16.1. The molecule has 0 aliphatic rings. The summed E-state index contributed by atoms with van der Waals surface area (Å²) < 4.78 is 1.62. The number of rotatable bonds is 4. The fourth-order valence-corrected chi connectivity index (χ4v) is 1.57. The second-order valence-corrected chi connectivity index (χ2v) is 4.05. The van der Waals surface area contributed by atoms with Gasteiger partial charge in [0.15, 0.2) is 11.6 Å².